The summed E-state index contributed by atoms with van der Waals surface area (Å²) in [7, 11) is 0. The Morgan fingerprint density at radius 3 is 0.909 bits per heavy atom. The largest absolute Gasteiger partial charge is 3.00 e. The number of carboxylic acids is 4. The van der Waals surface area contributed by atoms with E-state index >= 15 is 0 Å². The molecule has 0 aromatic heterocycles. The van der Waals surface area contributed by atoms with Gasteiger partial charge in [0.25, 0.3) is 0 Å². The number of hydrogen-bond acceptors (Lipinski definition) is 10. The molecule has 0 aliphatic heterocycles. The van der Waals surface area contributed by atoms with Gasteiger partial charge in [0.2, 0.25) is 0 Å². The quantitative estimate of drug-likeness (QED) is 0.223. The minimum atomic E-state index is -1.53. The molecule has 10 nitrogen and oxygen atoms in total. The normalized spacial score (nSPS) is 9.73. The SMILES string of the molecule is O=C([O-])CN(CCN(CC(=O)[O-])CC(=O)[O-])CC(=O)[O-].[Eu+2].[Gd+3]. The molecule has 0 bridgehead atoms. The number of carbonyl (C=O) groups excluding carboxylic acids is 4. The van der Waals surface area contributed by atoms with Gasteiger partial charge in [-0.05, 0) is 0 Å². The van der Waals surface area contributed by atoms with Gasteiger partial charge in [-0.15, -0.1) is 0 Å². The molecule has 0 fully saturated rings. The summed E-state index contributed by atoms with van der Waals surface area (Å²) in [4.78, 5) is 43.4. The molecule has 0 aromatic rings. The first kappa shape index (κ1) is 27.6. The van der Waals surface area contributed by atoms with Gasteiger partial charge in [0.1, 0.15) is 0 Å². The van der Waals surface area contributed by atoms with E-state index in [0.717, 1.165) is 9.80 Å². The Balaban J connectivity index is -0.00000180. The topological polar surface area (TPSA) is 167 Å². The second kappa shape index (κ2) is 15.2. The van der Waals surface area contributed by atoms with Crippen LogP contribution < -0.4 is 20.4 Å². The van der Waals surface area contributed by atoms with E-state index in [0.29, 0.717) is 0 Å². The zero-order valence-corrected chi connectivity index (χ0v) is 15.8. The first-order valence-electron chi connectivity index (χ1n) is 5.44. The molecule has 22 heavy (non-hydrogen) atoms. The van der Waals surface area contributed by atoms with E-state index in [9.17, 15) is 39.6 Å². The monoisotopic (exact) mass is 599 g/mol. The summed E-state index contributed by atoms with van der Waals surface area (Å²) in [6.07, 6.45) is 0. The number of rotatable bonds is 11. The summed E-state index contributed by atoms with van der Waals surface area (Å²) in [6, 6.07) is 0. The molecule has 0 aliphatic carbocycles. The van der Waals surface area contributed by atoms with Crippen LogP contribution in [-0.2, 0) is 19.2 Å². The smallest absolute Gasteiger partial charge is 0.549 e. The van der Waals surface area contributed by atoms with Gasteiger partial charge in [0.05, 0.1) is 23.9 Å². The van der Waals surface area contributed by atoms with Crippen molar-refractivity contribution >= 4 is 23.9 Å². The Bertz CT molecular complexity index is 327. The predicted molar refractivity (Wildman–Crippen MR) is 52.9 cm³/mol. The predicted octanol–water partition coefficient (Wildman–Crippen LogP) is -7.41. The Morgan fingerprint density at radius 2 is 0.773 bits per heavy atom. The molecule has 0 rings (SSSR count). The van der Waals surface area contributed by atoms with Crippen LogP contribution in [0.25, 0.3) is 0 Å². The van der Waals surface area contributed by atoms with Gasteiger partial charge in [0, 0.05) is 39.3 Å². The van der Waals surface area contributed by atoms with E-state index in [1.165, 1.54) is 0 Å². The Hall–Kier alpha value is 0.709. The first-order chi connectivity index (χ1) is 9.20. The maximum absolute atomic E-state index is 10.4. The molecule has 0 amide bonds. The van der Waals surface area contributed by atoms with Crippen molar-refractivity contribution < 1.29 is 129 Å². The van der Waals surface area contributed by atoms with Crippen LogP contribution in [0, 0.1) is 89.3 Å². The second-order valence-electron chi connectivity index (χ2n) is 3.91. The van der Waals surface area contributed by atoms with Crippen LogP contribution in [0.2, 0.25) is 0 Å². The molecule has 0 aromatic carbocycles. The van der Waals surface area contributed by atoms with Crippen LogP contribution in [0.4, 0.5) is 0 Å². The molecule has 0 N–H and O–H groups in total. The van der Waals surface area contributed by atoms with Gasteiger partial charge in [-0.1, -0.05) is 0 Å². The van der Waals surface area contributed by atoms with Gasteiger partial charge in [-0.25, -0.2) is 0 Å². The fourth-order valence-corrected chi connectivity index (χ4v) is 1.44. The minimum absolute atomic E-state index is 0. The van der Waals surface area contributed by atoms with Crippen molar-refractivity contribution in [2.75, 3.05) is 39.3 Å². The van der Waals surface area contributed by atoms with Crippen molar-refractivity contribution in [3.63, 3.8) is 0 Å². The Kier molecular flexibility index (Phi) is 19.1. The summed E-state index contributed by atoms with van der Waals surface area (Å²) in [5, 5.41) is 41.6. The van der Waals surface area contributed by atoms with Crippen LogP contribution in [0.1, 0.15) is 0 Å². The van der Waals surface area contributed by atoms with Crippen LogP contribution >= 0.6 is 0 Å². The average Bonchev–Trinajstić information content (AvgIpc) is 2.22. The van der Waals surface area contributed by atoms with Crippen molar-refractivity contribution in [3.05, 3.63) is 0 Å². The maximum atomic E-state index is 10.4. The fourth-order valence-electron chi connectivity index (χ4n) is 1.44. The summed E-state index contributed by atoms with van der Waals surface area (Å²) in [5.41, 5.74) is 0. The summed E-state index contributed by atoms with van der Waals surface area (Å²) >= 11 is 0. The molecule has 12 heteroatoms. The van der Waals surface area contributed by atoms with E-state index in [-0.39, 0.29) is 102 Å². The molecular weight excluding hydrogens is 585 g/mol. The van der Waals surface area contributed by atoms with E-state index in [1.807, 2.05) is 0 Å². The summed E-state index contributed by atoms with van der Waals surface area (Å²) < 4.78 is 0. The average molecular weight is 597 g/mol. The maximum Gasteiger partial charge on any atom is 3.00 e. The molecule has 0 aliphatic rings. The zero-order chi connectivity index (χ0) is 15.7. The minimum Gasteiger partial charge on any atom is -0.549 e. The Morgan fingerprint density at radius 1 is 0.591 bits per heavy atom. The first-order valence-corrected chi connectivity index (χ1v) is 5.44. The van der Waals surface area contributed by atoms with Gasteiger partial charge in [0.15, 0.2) is 0 Å². The van der Waals surface area contributed by atoms with Crippen molar-refractivity contribution in [2.24, 2.45) is 0 Å². The van der Waals surface area contributed by atoms with Gasteiger partial charge in [-0.3, -0.25) is 9.80 Å². The molecule has 0 saturated heterocycles. The van der Waals surface area contributed by atoms with E-state index in [2.05, 4.69) is 0 Å². The summed E-state index contributed by atoms with van der Waals surface area (Å²) in [6.45, 7) is -3.25. The molecule has 0 heterocycles. The zero-order valence-electron chi connectivity index (χ0n) is 11.1. The van der Waals surface area contributed by atoms with Crippen molar-refractivity contribution in [1.82, 2.24) is 9.80 Å². The summed E-state index contributed by atoms with van der Waals surface area (Å²) in [5.74, 6) is -6.12. The molecule has 0 saturated carbocycles. The number of carbonyl (C=O) groups is 4. The third kappa shape index (κ3) is 17.1. The molecule has 0 atom stereocenters. The molecular formula is C10H12EuGdN2O8+. The van der Waals surface area contributed by atoms with Crippen LogP contribution in [0.3, 0.4) is 0 Å². The van der Waals surface area contributed by atoms with E-state index in [1.54, 1.807) is 0 Å². The van der Waals surface area contributed by atoms with Gasteiger partial charge in [-0.2, -0.15) is 0 Å². The number of carboxylic acid groups (broad SMARTS) is 4. The Labute approximate surface area is 199 Å². The number of hydrogen-bond donors (Lipinski definition) is 0. The number of nitrogens with zero attached hydrogens (tertiary/aromatic N) is 2. The second-order valence-corrected chi connectivity index (χ2v) is 3.91. The van der Waals surface area contributed by atoms with Crippen LogP contribution in [0.5, 0.6) is 0 Å². The van der Waals surface area contributed by atoms with Crippen LogP contribution in [0.15, 0.2) is 0 Å². The van der Waals surface area contributed by atoms with E-state index < -0.39 is 50.1 Å². The van der Waals surface area contributed by atoms with Gasteiger partial charge < -0.3 is 39.6 Å². The van der Waals surface area contributed by atoms with Crippen molar-refractivity contribution in [1.29, 1.82) is 0 Å². The molecule has 124 valence electrons. The van der Waals surface area contributed by atoms with Gasteiger partial charge >= 0.3 is 89.3 Å². The third-order valence-corrected chi connectivity index (χ3v) is 2.14. The van der Waals surface area contributed by atoms with Crippen LogP contribution in [-0.4, -0.2) is 72.9 Å². The van der Waals surface area contributed by atoms with Crippen molar-refractivity contribution in [3.8, 4) is 0 Å². The third-order valence-electron chi connectivity index (χ3n) is 2.14. The molecule has 2 radical (unpaired) electrons. The fraction of sp³-hybridized carbons (Fsp3) is 0.600. The number of aliphatic carboxylic acids is 4. The van der Waals surface area contributed by atoms with E-state index in [4.69, 9.17) is 0 Å². The van der Waals surface area contributed by atoms with Crippen molar-refractivity contribution in [2.45, 2.75) is 0 Å². The molecule has 0 spiro atoms. The molecule has 0 unspecified atom stereocenters. The standard InChI is InChI=1S/C10H16N2O8.Eu.Gd/c13-7(14)3-11(4-8(15)16)1-2-12(5-9(17)18)6-10(19)20;;/h1-6H2,(H,13,14)(H,15,16)(H,17,18)(H,19,20);;/q;+2;+3/p-4.